The highest BCUT2D eigenvalue weighted by molar-refractivity contribution is 7.89. The zero-order chi connectivity index (χ0) is 16.3. The summed E-state index contributed by atoms with van der Waals surface area (Å²) in [7, 11) is -3.64. The second-order valence-corrected chi connectivity index (χ2v) is 7.34. The van der Waals surface area contributed by atoms with E-state index in [-0.39, 0.29) is 23.9 Å². The number of hydrogen-bond acceptors (Lipinski definition) is 3. The molecule has 7 heteroatoms. The molecule has 2 rings (SSSR count). The minimum atomic E-state index is -3.64. The zero-order valence-corrected chi connectivity index (χ0v) is 13.4. The molecule has 1 aliphatic heterocycles. The molecule has 1 aromatic rings. The van der Waals surface area contributed by atoms with Crippen molar-refractivity contribution in [2.45, 2.75) is 18.7 Å². The third-order valence-electron chi connectivity index (χ3n) is 3.41. The first-order chi connectivity index (χ1) is 10.3. The number of hydrogen-bond donors (Lipinski definition) is 0. The van der Waals surface area contributed by atoms with Crippen molar-refractivity contribution in [1.82, 2.24) is 9.21 Å². The number of benzene rings is 1. The summed E-state index contributed by atoms with van der Waals surface area (Å²) in [6.45, 7) is 4.86. The van der Waals surface area contributed by atoms with Crippen LogP contribution in [0.3, 0.4) is 0 Å². The summed E-state index contributed by atoms with van der Waals surface area (Å²) >= 11 is 0. The minimum Gasteiger partial charge on any atom is -0.337 e. The largest absolute Gasteiger partial charge is 0.337 e. The van der Waals surface area contributed by atoms with Gasteiger partial charge < -0.3 is 4.90 Å². The lowest BCUT2D eigenvalue weighted by atomic mass is 10.3. The van der Waals surface area contributed by atoms with Crippen molar-refractivity contribution >= 4 is 15.9 Å². The number of amides is 1. The lowest BCUT2D eigenvalue weighted by Gasteiger charge is -2.33. The predicted octanol–water partition coefficient (Wildman–Crippen LogP) is 1.62. The molecule has 1 saturated heterocycles. The van der Waals surface area contributed by atoms with Crippen molar-refractivity contribution in [1.29, 1.82) is 0 Å². The molecule has 1 aromatic carbocycles. The highest BCUT2D eigenvalue weighted by Crippen LogP contribution is 2.18. The van der Waals surface area contributed by atoms with Crippen LogP contribution >= 0.6 is 0 Å². The summed E-state index contributed by atoms with van der Waals surface area (Å²) in [5.41, 5.74) is 0.909. The quantitative estimate of drug-likeness (QED) is 0.793. The lowest BCUT2D eigenvalue weighted by molar-refractivity contribution is -0.127. The van der Waals surface area contributed by atoms with Crippen molar-refractivity contribution in [2.24, 2.45) is 0 Å². The Balaban J connectivity index is 2.06. The van der Waals surface area contributed by atoms with Gasteiger partial charge in [0.2, 0.25) is 15.9 Å². The van der Waals surface area contributed by atoms with Gasteiger partial charge >= 0.3 is 0 Å². The van der Waals surface area contributed by atoms with Crippen LogP contribution in [0.15, 0.2) is 40.8 Å². The van der Waals surface area contributed by atoms with Crippen molar-refractivity contribution in [3.8, 4) is 0 Å². The lowest BCUT2D eigenvalue weighted by Crippen LogP contribution is -2.50. The second kappa shape index (κ2) is 6.58. The Morgan fingerprint density at radius 2 is 1.64 bits per heavy atom. The van der Waals surface area contributed by atoms with E-state index in [4.69, 9.17) is 0 Å². The van der Waals surface area contributed by atoms with E-state index in [2.05, 4.69) is 0 Å². The first-order valence-electron chi connectivity index (χ1n) is 7.00. The maximum Gasteiger partial charge on any atom is 0.246 e. The molecule has 0 aliphatic carbocycles. The maximum absolute atomic E-state index is 12.9. The standard InChI is InChI=1S/C15H19FN2O3S/c1-12(2)11-15(19)17-7-9-18(10-8-17)22(20,21)14-5-3-13(16)4-6-14/h3-6,11H,7-10H2,1-2H3. The summed E-state index contributed by atoms with van der Waals surface area (Å²) in [5.74, 6) is -0.574. The number of carbonyl (C=O) groups excluding carboxylic acids is 1. The summed E-state index contributed by atoms with van der Waals surface area (Å²) in [6.07, 6.45) is 1.55. The summed E-state index contributed by atoms with van der Waals surface area (Å²) in [4.78, 5) is 13.6. The first kappa shape index (κ1) is 16.6. The molecule has 1 heterocycles. The molecule has 22 heavy (non-hydrogen) atoms. The van der Waals surface area contributed by atoms with Crippen LogP contribution < -0.4 is 0 Å². The van der Waals surface area contributed by atoms with Gasteiger partial charge in [0.15, 0.2) is 0 Å². The van der Waals surface area contributed by atoms with Gasteiger partial charge in [0.1, 0.15) is 5.82 Å². The van der Waals surface area contributed by atoms with Crippen LogP contribution in [0.2, 0.25) is 0 Å². The van der Waals surface area contributed by atoms with E-state index >= 15 is 0 Å². The molecular formula is C15H19FN2O3S. The first-order valence-corrected chi connectivity index (χ1v) is 8.44. The van der Waals surface area contributed by atoms with Gasteiger partial charge in [0.05, 0.1) is 4.90 Å². The van der Waals surface area contributed by atoms with Crippen LogP contribution in [-0.4, -0.2) is 49.7 Å². The Morgan fingerprint density at radius 3 is 2.14 bits per heavy atom. The van der Waals surface area contributed by atoms with Gasteiger partial charge in [-0.05, 0) is 38.1 Å². The average molecular weight is 326 g/mol. The van der Waals surface area contributed by atoms with Gasteiger partial charge in [-0.2, -0.15) is 4.31 Å². The van der Waals surface area contributed by atoms with Crippen LogP contribution in [0, 0.1) is 5.82 Å². The topological polar surface area (TPSA) is 57.7 Å². The summed E-state index contributed by atoms with van der Waals surface area (Å²) in [5, 5.41) is 0. The SMILES string of the molecule is CC(C)=CC(=O)N1CCN(S(=O)(=O)c2ccc(F)cc2)CC1. The van der Waals surface area contributed by atoms with Crippen molar-refractivity contribution in [3.05, 3.63) is 41.7 Å². The zero-order valence-electron chi connectivity index (χ0n) is 12.6. The molecule has 0 aromatic heterocycles. The Bertz CT molecular complexity index is 671. The van der Waals surface area contributed by atoms with E-state index in [0.29, 0.717) is 13.1 Å². The van der Waals surface area contributed by atoms with Crippen LogP contribution in [0.5, 0.6) is 0 Å². The molecule has 0 N–H and O–H groups in total. The normalized spacial score (nSPS) is 16.4. The number of rotatable bonds is 3. The van der Waals surface area contributed by atoms with Crippen molar-refractivity contribution in [2.75, 3.05) is 26.2 Å². The molecule has 5 nitrogen and oxygen atoms in total. The molecule has 0 spiro atoms. The monoisotopic (exact) mass is 326 g/mol. The molecule has 0 bridgehead atoms. The summed E-state index contributed by atoms with van der Waals surface area (Å²) < 4.78 is 39.1. The molecule has 0 atom stereocenters. The van der Waals surface area contributed by atoms with Gasteiger partial charge in [0, 0.05) is 32.3 Å². The fraction of sp³-hybridized carbons (Fsp3) is 0.400. The Labute approximate surface area is 130 Å². The minimum absolute atomic E-state index is 0.0676. The highest BCUT2D eigenvalue weighted by atomic mass is 32.2. The van der Waals surface area contributed by atoms with Crippen LogP contribution in [0.25, 0.3) is 0 Å². The average Bonchev–Trinajstić information content (AvgIpc) is 2.47. The highest BCUT2D eigenvalue weighted by Gasteiger charge is 2.29. The number of piperazine rings is 1. The van der Waals surface area contributed by atoms with Gasteiger partial charge in [-0.25, -0.2) is 12.8 Å². The number of nitrogens with zero attached hydrogens (tertiary/aromatic N) is 2. The van der Waals surface area contributed by atoms with E-state index in [1.54, 1.807) is 11.0 Å². The number of halogens is 1. The number of sulfonamides is 1. The molecule has 120 valence electrons. The molecule has 1 fully saturated rings. The molecule has 0 saturated carbocycles. The van der Waals surface area contributed by atoms with Crippen molar-refractivity contribution in [3.63, 3.8) is 0 Å². The Hall–Kier alpha value is -1.73. The molecular weight excluding hydrogens is 307 g/mol. The van der Waals surface area contributed by atoms with Gasteiger partial charge in [0.25, 0.3) is 0 Å². The Morgan fingerprint density at radius 1 is 1.09 bits per heavy atom. The maximum atomic E-state index is 12.9. The van der Waals surface area contributed by atoms with Crippen LogP contribution in [-0.2, 0) is 14.8 Å². The van der Waals surface area contributed by atoms with Crippen LogP contribution in [0.1, 0.15) is 13.8 Å². The predicted molar refractivity (Wildman–Crippen MR) is 81.2 cm³/mol. The van der Waals surface area contributed by atoms with E-state index in [0.717, 1.165) is 17.7 Å². The van der Waals surface area contributed by atoms with E-state index in [1.807, 2.05) is 13.8 Å². The third-order valence-corrected chi connectivity index (χ3v) is 5.33. The molecule has 0 radical (unpaired) electrons. The van der Waals surface area contributed by atoms with E-state index < -0.39 is 15.8 Å². The van der Waals surface area contributed by atoms with Gasteiger partial charge in [-0.1, -0.05) is 5.57 Å². The smallest absolute Gasteiger partial charge is 0.246 e. The second-order valence-electron chi connectivity index (χ2n) is 5.40. The fourth-order valence-corrected chi connectivity index (χ4v) is 3.66. The fourth-order valence-electron chi connectivity index (χ4n) is 2.24. The van der Waals surface area contributed by atoms with Gasteiger partial charge in [-0.3, -0.25) is 4.79 Å². The number of allylic oxidation sites excluding steroid dienone is 1. The summed E-state index contributed by atoms with van der Waals surface area (Å²) in [6, 6.07) is 4.76. The third kappa shape index (κ3) is 3.72. The van der Waals surface area contributed by atoms with Gasteiger partial charge in [-0.15, -0.1) is 0 Å². The van der Waals surface area contributed by atoms with E-state index in [1.165, 1.54) is 16.4 Å². The number of carbonyl (C=O) groups is 1. The van der Waals surface area contributed by atoms with Crippen molar-refractivity contribution < 1.29 is 17.6 Å². The Kier molecular flexibility index (Phi) is 4.97. The molecule has 1 aliphatic rings. The molecule has 1 amide bonds. The van der Waals surface area contributed by atoms with E-state index in [9.17, 15) is 17.6 Å². The molecule has 0 unspecified atom stereocenters. The van der Waals surface area contributed by atoms with Crippen LogP contribution in [0.4, 0.5) is 4.39 Å².